The van der Waals surface area contributed by atoms with Crippen molar-refractivity contribution in [3.63, 3.8) is 0 Å². The molecule has 0 aliphatic heterocycles. The first kappa shape index (κ1) is 13.4. The molecule has 0 saturated heterocycles. The van der Waals surface area contributed by atoms with Crippen LogP contribution in [0.5, 0.6) is 0 Å². The summed E-state index contributed by atoms with van der Waals surface area (Å²) in [4.78, 5) is 10.0. The average Bonchev–Trinajstić information content (AvgIpc) is 2.87. The van der Waals surface area contributed by atoms with Gasteiger partial charge in [0.1, 0.15) is 5.82 Å². The topological polar surface area (TPSA) is 30.7 Å². The van der Waals surface area contributed by atoms with Crippen molar-refractivity contribution in [3.05, 3.63) is 36.3 Å². The summed E-state index contributed by atoms with van der Waals surface area (Å²) in [6.07, 6.45) is 9.28. The van der Waals surface area contributed by atoms with Crippen molar-refractivity contribution in [2.75, 3.05) is 0 Å². The van der Waals surface area contributed by atoms with Gasteiger partial charge in [-0.15, -0.1) is 0 Å². The first-order valence-electron chi connectivity index (χ1n) is 9.48. The summed E-state index contributed by atoms with van der Waals surface area (Å²) in [6, 6.07) is 8.60. The van der Waals surface area contributed by atoms with Crippen LogP contribution in [0.2, 0.25) is 0 Å². The second-order valence-corrected chi connectivity index (χ2v) is 8.49. The molecule has 4 aliphatic rings. The minimum atomic E-state index is 0.612. The molecule has 0 N–H and O–H groups in total. The average molecular weight is 317 g/mol. The Morgan fingerprint density at radius 1 is 0.917 bits per heavy atom. The molecule has 4 fully saturated rings. The van der Waals surface area contributed by atoms with Gasteiger partial charge in [0.05, 0.1) is 22.7 Å². The summed E-state index contributed by atoms with van der Waals surface area (Å²) >= 11 is 0. The van der Waals surface area contributed by atoms with E-state index in [4.69, 9.17) is 9.97 Å². The maximum Gasteiger partial charge on any atom is 0.132 e. The molecule has 3 nitrogen and oxygen atoms in total. The van der Waals surface area contributed by atoms with Crippen molar-refractivity contribution in [1.29, 1.82) is 0 Å². The van der Waals surface area contributed by atoms with E-state index in [-0.39, 0.29) is 0 Å². The molecule has 3 aromatic rings. The molecular formula is C21H23N3. The number of hydrogen-bond acceptors (Lipinski definition) is 2. The second kappa shape index (κ2) is 4.59. The van der Waals surface area contributed by atoms with Crippen molar-refractivity contribution in [1.82, 2.24) is 14.5 Å². The van der Waals surface area contributed by atoms with Crippen LogP contribution in [0, 0.1) is 23.7 Å². The van der Waals surface area contributed by atoms with Crippen molar-refractivity contribution >= 4 is 21.9 Å². The van der Waals surface area contributed by atoms with Gasteiger partial charge in [-0.05, 0) is 61.8 Å². The highest BCUT2D eigenvalue weighted by Crippen LogP contribution is 2.59. The van der Waals surface area contributed by atoms with E-state index in [0.717, 1.165) is 40.5 Å². The number of nitrogens with zero attached hydrogens (tertiary/aromatic N) is 3. The molecule has 4 aliphatic carbocycles. The van der Waals surface area contributed by atoms with E-state index in [1.807, 2.05) is 0 Å². The van der Waals surface area contributed by atoms with Gasteiger partial charge in [-0.25, -0.2) is 9.97 Å². The molecule has 24 heavy (non-hydrogen) atoms. The lowest BCUT2D eigenvalue weighted by atomic mass is 9.51. The van der Waals surface area contributed by atoms with E-state index >= 15 is 0 Å². The van der Waals surface area contributed by atoms with Crippen LogP contribution in [0.15, 0.2) is 30.5 Å². The fourth-order valence-corrected chi connectivity index (χ4v) is 6.44. The number of fused-ring (bicyclic) bond motifs is 3. The second-order valence-electron chi connectivity index (χ2n) is 8.49. The van der Waals surface area contributed by atoms with Crippen molar-refractivity contribution < 1.29 is 0 Å². The third kappa shape index (κ3) is 1.68. The third-order valence-corrected chi connectivity index (χ3v) is 7.19. The fraction of sp³-hybridized carbons (Fsp3) is 0.524. The normalized spacial score (nSPS) is 34.5. The molecule has 0 spiro atoms. The predicted octanol–water partition coefficient (Wildman–Crippen LogP) is 4.66. The lowest BCUT2D eigenvalue weighted by Gasteiger charge is -2.53. The number of benzene rings is 1. The Kier molecular flexibility index (Phi) is 2.56. The smallest absolute Gasteiger partial charge is 0.132 e. The quantitative estimate of drug-likeness (QED) is 0.653. The molecule has 0 unspecified atom stereocenters. The Labute approximate surface area is 142 Å². The lowest BCUT2D eigenvalue weighted by molar-refractivity contribution is -0.00553. The van der Waals surface area contributed by atoms with Crippen LogP contribution in [-0.4, -0.2) is 14.5 Å². The number of para-hydroxylation sites is 1. The van der Waals surface area contributed by atoms with Crippen LogP contribution in [0.25, 0.3) is 21.9 Å². The van der Waals surface area contributed by atoms with Crippen LogP contribution in [0.3, 0.4) is 0 Å². The van der Waals surface area contributed by atoms with Gasteiger partial charge < -0.3 is 4.57 Å². The number of hydrogen-bond donors (Lipinski definition) is 0. The Bertz CT molecular complexity index is 926. The van der Waals surface area contributed by atoms with Gasteiger partial charge in [0.15, 0.2) is 0 Å². The minimum absolute atomic E-state index is 0.612. The zero-order valence-corrected chi connectivity index (χ0v) is 14.2. The third-order valence-electron chi connectivity index (χ3n) is 7.19. The van der Waals surface area contributed by atoms with E-state index in [1.165, 1.54) is 43.0 Å². The van der Waals surface area contributed by atoms with Gasteiger partial charge in [-0.1, -0.05) is 18.2 Å². The molecule has 0 atom stereocenters. The molecule has 2 aromatic heterocycles. The highest BCUT2D eigenvalue weighted by atomic mass is 15.0. The molecule has 0 radical (unpaired) electrons. The Morgan fingerprint density at radius 3 is 2.38 bits per heavy atom. The predicted molar refractivity (Wildman–Crippen MR) is 95.8 cm³/mol. The molecule has 4 bridgehead atoms. The van der Waals surface area contributed by atoms with E-state index in [9.17, 15) is 0 Å². The molecule has 1 aromatic carbocycles. The first-order valence-corrected chi connectivity index (χ1v) is 9.48. The Balaban J connectivity index is 1.52. The molecule has 7 rings (SSSR count). The van der Waals surface area contributed by atoms with Crippen LogP contribution in [0.1, 0.15) is 43.8 Å². The van der Waals surface area contributed by atoms with Crippen LogP contribution in [0.4, 0.5) is 0 Å². The molecular weight excluding hydrogens is 294 g/mol. The maximum absolute atomic E-state index is 5.14. The SMILES string of the molecule is Cn1c2ccccc2c2nc(C3C4CC5CC(C4)CC3C5)ncc21. The summed E-state index contributed by atoms with van der Waals surface area (Å²) in [5.74, 6) is 5.44. The van der Waals surface area contributed by atoms with Gasteiger partial charge in [0.2, 0.25) is 0 Å². The monoisotopic (exact) mass is 317 g/mol. The van der Waals surface area contributed by atoms with Gasteiger partial charge in [-0.2, -0.15) is 0 Å². The molecule has 0 amide bonds. The molecule has 4 saturated carbocycles. The van der Waals surface area contributed by atoms with Gasteiger partial charge in [0.25, 0.3) is 0 Å². The van der Waals surface area contributed by atoms with Crippen LogP contribution < -0.4 is 0 Å². The highest BCUT2D eigenvalue weighted by Gasteiger charge is 2.49. The fourth-order valence-electron chi connectivity index (χ4n) is 6.44. The van der Waals surface area contributed by atoms with Gasteiger partial charge in [0, 0.05) is 18.4 Å². The Morgan fingerprint density at radius 2 is 1.62 bits per heavy atom. The van der Waals surface area contributed by atoms with Crippen LogP contribution in [-0.2, 0) is 7.05 Å². The summed E-state index contributed by atoms with van der Waals surface area (Å²) < 4.78 is 2.23. The zero-order chi connectivity index (χ0) is 15.8. The number of aryl methyl sites for hydroxylation is 1. The molecule has 122 valence electrons. The maximum atomic E-state index is 5.14. The van der Waals surface area contributed by atoms with Crippen molar-refractivity contribution in [3.8, 4) is 0 Å². The van der Waals surface area contributed by atoms with Crippen molar-refractivity contribution in [2.24, 2.45) is 30.7 Å². The zero-order valence-electron chi connectivity index (χ0n) is 14.2. The summed E-state index contributed by atoms with van der Waals surface area (Å²) in [5.41, 5.74) is 3.56. The van der Waals surface area contributed by atoms with E-state index in [2.05, 4.69) is 42.1 Å². The first-order chi connectivity index (χ1) is 11.8. The van der Waals surface area contributed by atoms with Crippen molar-refractivity contribution in [2.45, 2.75) is 38.0 Å². The summed E-state index contributed by atoms with van der Waals surface area (Å²) in [7, 11) is 2.12. The summed E-state index contributed by atoms with van der Waals surface area (Å²) in [5, 5.41) is 1.27. The summed E-state index contributed by atoms with van der Waals surface area (Å²) in [6.45, 7) is 0. The number of rotatable bonds is 1. The van der Waals surface area contributed by atoms with E-state index in [0.29, 0.717) is 5.92 Å². The van der Waals surface area contributed by atoms with Gasteiger partial charge >= 0.3 is 0 Å². The minimum Gasteiger partial charge on any atom is -0.341 e. The molecule has 2 heterocycles. The Hall–Kier alpha value is -1.90. The lowest BCUT2D eigenvalue weighted by Crippen LogP contribution is -2.44. The molecule has 3 heteroatoms. The largest absolute Gasteiger partial charge is 0.341 e. The number of aromatic nitrogens is 3. The van der Waals surface area contributed by atoms with E-state index < -0.39 is 0 Å². The van der Waals surface area contributed by atoms with Crippen LogP contribution >= 0.6 is 0 Å². The standard InChI is InChI=1S/C21H23N3/c1-24-17-5-3-2-4-16(17)20-18(24)11-22-21(23-20)19-14-7-12-6-13(9-14)10-15(19)8-12/h2-5,11-15,19H,6-10H2,1H3. The van der Waals surface area contributed by atoms with E-state index in [1.54, 1.807) is 0 Å². The highest BCUT2D eigenvalue weighted by molar-refractivity contribution is 6.05. The van der Waals surface area contributed by atoms with Gasteiger partial charge in [-0.3, -0.25) is 0 Å².